The van der Waals surface area contributed by atoms with Gasteiger partial charge in [-0.15, -0.1) is 0 Å². The minimum absolute atomic E-state index is 0.190. The Hall–Kier alpha value is -1.46. The van der Waals surface area contributed by atoms with Crippen LogP contribution in [0.15, 0.2) is 46.5 Å². The van der Waals surface area contributed by atoms with Gasteiger partial charge in [-0.25, -0.2) is 13.8 Å². The van der Waals surface area contributed by atoms with Gasteiger partial charge in [-0.05, 0) is 25.1 Å². The summed E-state index contributed by atoms with van der Waals surface area (Å²) in [6, 6.07) is 6.92. The Kier molecular flexibility index (Phi) is 3.93. The van der Waals surface area contributed by atoms with Crippen LogP contribution >= 0.6 is 11.8 Å². The van der Waals surface area contributed by atoms with Crippen LogP contribution < -0.4 is 5.73 Å². The van der Waals surface area contributed by atoms with Crippen molar-refractivity contribution in [2.75, 3.05) is 0 Å². The Labute approximate surface area is 108 Å². The molecule has 0 aliphatic rings. The van der Waals surface area contributed by atoms with E-state index < -0.39 is 11.6 Å². The monoisotopic (exact) mass is 266 g/mol. The van der Waals surface area contributed by atoms with Gasteiger partial charge in [0.05, 0.1) is 0 Å². The quantitative estimate of drug-likeness (QED) is 0.923. The van der Waals surface area contributed by atoms with Crippen LogP contribution in [-0.2, 0) is 0 Å². The van der Waals surface area contributed by atoms with Crippen molar-refractivity contribution in [1.29, 1.82) is 0 Å². The summed E-state index contributed by atoms with van der Waals surface area (Å²) >= 11 is 1.15. The lowest BCUT2D eigenvalue weighted by Crippen LogP contribution is -2.07. The SMILES string of the molecule is C[C@H](N)c1cccnc1Sc1ccc(F)cc1F. The first-order valence-electron chi connectivity index (χ1n) is 5.41. The number of hydrogen-bond acceptors (Lipinski definition) is 3. The number of nitrogens with two attached hydrogens (primary N) is 1. The zero-order chi connectivity index (χ0) is 13.1. The van der Waals surface area contributed by atoms with E-state index in [9.17, 15) is 8.78 Å². The highest BCUT2D eigenvalue weighted by Gasteiger charge is 2.12. The smallest absolute Gasteiger partial charge is 0.140 e. The molecule has 94 valence electrons. The second-order valence-electron chi connectivity index (χ2n) is 3.86. The third-order valence-corrected chi connectivity index (χ3v) is 3.48. The first-order chi connectivity index (χ1) is 8.58. The third kappa shape index (κ3) is 2.86. The van der Waals surface area contributed by atoms with Crippen LogP contribution in [0.5, 0.6) is 0 Å². The molecule has 2 rings (SSSR count). The van der Waals surface area contributed by atoms with E-state index in [0.29, 0.717) is 9.92 Å². The second-order valence-corrected chi connectivity index (χ2v) is 4.89. The van der Waals surface area contributed by atoms with Crippen LogP contribution in [0.1, 0.15) is 18.5 Å². The largest absolute Gasteiger partial charge is 0.324 e. The van der Waals surface area contributed by atoms with Crippen molar-refractivity contribution in [2.45, 2.75) is 22.9 Å². The Balaban J connectivity index is 2.34. The van der Waals surface area contributed by atoms with Gasteiger partial charge in [0.15, 0.2) is 0 Å². The average Bonchev–Trinajstić information content (AvgIpc) is 2.33. The van der Waals surface area contributed by atoms with E-state index in [2.05, 4.69) is 4.98 Å². The Morgan fingerprint density at radius 1 is 1.28 bits per heavy atom. The number of benzene rings is 1. The Morgan fingerprint density at radius 2 is 2.06 bits per heavy atom. The zero-order valence-electron chi connectivity index (χ0n) is 9.73. The van der Waals surface area contributed by atoms with Crippen molar-refractivity contribution >= 4 is 11.8 Å². The molecule has 1 aromatic heterocycles. The third-order valence-electron chi connectivity index (χ3n) is 2.39. The molecule has 0 aliphatic carbocycles. The molecule has 0 bridgehead atoms. The van der Waals surface area contributed by atoms with Gasteiger partial charge in [0.1, 0.15) is 16.7 Å². The van der Waals surface area contributed by atoms with Gasteiger partial charge in [-0.2, -0.15) is 0 Å². The van der Waals surface area contributed by atoms with Crippen molar-refractivity contribution < 1.29 is 8.78 Å². The van der Waals surface area contributed by atoms with Gasteiger partial charge in [-0.3, -0.25) is 0 Å². The molecule has 0 radical (unpaired) electrons. The molecule has 1 atom stereocenters. The van der Waals surface area contributed by atoms with E-state index in [0.717, 1.165) is 23.4 Å². The fraction of sp³-hybridized carbons (Fsp3) is 0.154. The molecule has 1 heterocycles. The van der Waals surface area contributed by atoms with E-state index in [1.807, 2.05) is 13.0 Å². The highest BCUT2D eigenvalue weighted by molar-refractivity contribution is 7.99. The molecule has 0 saturated carbocycles. The summed E-state index contributed by atoms with van der Waals surface area (Å²) < 4.78 is 26.4. The summed E-state index contributed by atoms with van der Waals surface area (Å²) in [4.78, 5) is 4.51. The normalized spacial score (nSPS) is 12.4. The van der Waals surface area contributed by atoms with Gasteiger partial charge < -0.3 is 5.73 Å². The molecule has 2 aromatic rings. The van der Waals surface area contributed by atoms with Crippen molar-refractivity contribution in [3.05, 3.63) is 53.7 Å². The Morgan fingerprint density at radius 3 is 2.72 bits per heavy atom. The van der Waals surface area contributed by atoms with Crippen molar-refractivity contribution in [3.63, 3.8) is 0 Å². The number of aromatic nitrogens is 1. The fourth-order valence-corrected chi connectivity index (χ4v) is 2.48. The van der Waals surface area contributed by atoms with Crippen LogP contribution in [0.3, 0.4) is 0 Å². The molecular weight excluding hydrogens is 254 g/mol. The lowest BCUT2D eigenvalue weighted by Gasteiger charge is -2.11. The van der Waals surface area contributed by atoms with Crippen LogP contribution in [0.25, 0.3) is 0 Å². The van der Waals surface area contributed by atoms with Crippen LogP contribution in [-0.4, -0.2) is 4.98 Å². The highest BCUT2D eigenvalue weighted by atomic mass is 32.2. The molecule has 0 amide bonds. The van der Waals surface area contributed by atoms with Gasteiger partial charge in [0.25, 0.3) is 0 Å². The number of pyridine rings is 1. The molecule has 0 unspecified atom stereocenters. The number of halogens is 2. The summed E-state index contributed by atoms with van der Waals surface area (Å²) in [7, 11) is 0. The predicted molar refractivity (Wildman–Crippen MR) is 67.3 cm³/mol. The molecule has 0 saturated heterocycles. The van der Waals surface area contributed by atoms with Crippen molar-refractivity contribution in [3.8, 4) is 0 Å². The van der Waals surface area contributed by atoms with Crippen LogP contribution in [0.2, 0.25) is 0 Å². The van der Waals surface area contributed by atoms with Crippen molar-refractivity contribution in [2.24, 2.45) is 5.73 Å². The summed E-state index contributed by atoms with van der Waals surface area (Å²) in [5.41, 5.74) is 6.66. The molecule has 0 spiro atoms. The topological polar surface area (TPSA) is 38.9 Å². The molecular formula is C13H12F2N2S. The van der Waals surface area contributed by atoms with Gasteiger partial charge >= 0.3 is 0 Å². The molecule has 5 heteroatoms. The van der Waals surface area contributed by atoms with Gasteiger partial charge in [-0.1, -0.05) is 17.8 Å². The van der Waals surface area contributed by atoms with Crippen LogP contribution in [0, 0.1) is 11.6 Å². The van der Waals surface area contributed by atoms with Crippen LogP contribution in [0.4, 0.5) is 8.78 Å². The maximum absolute atomic E-state index is 13.5. The maximum atomic E-state index is 13.5. The van der Waals surface area contributed by atoms with Gasteiger partial charge in [0.2, 0.25) is 0 Å². The maximum Gasteiger partial charge on any atom is 0.140 e. The standard InChI is InChI=1S/C13H12F2N2S/c1-8(16)10-3-2-6-17-13(10)18-12-5-4-9(14)7-11(12)15/h2-8H,16H2,1H3/t8-/m0/s1. The summed E-state index contributed by atoms with van der Waals surface area (Å²) in [5.74, 6) is -1.19. The zero-order valence-corrected chi connectivity index (χ0v) is 10.5. The molecule has 0 aliphatic heterocycles. The summed E-state index contributed by atoms with van der Waals surface area (Å²) in [6.07, 6.45) is 1.62. The van der Waals surface area contributed by atoms with Gasteiger partial charge in [0, 0.05) is 28.8 Å². The average molecular weight is 266 g/mol. The number of nitrogens with zero attached hydrogens (tertiary/aromatic N) is 1. The number of rotatable bonds is 3. The summed E-state index contributed by atoms with van der Waals surface area (Å²) in [6.45, 7) is 1.84. The molecule has 0 fully saturated rings. The molecule has 18 heavy (non-hydrogen) atoms. The molecule has 2 N–H and O–H groups in total. The van der Waals surface area contributed by atoms with E-state index >= 15 is 0 Å². The molecule has 1 aromatic carbocycles. The first-order valence-corrected chi connectivity index (χ1v) is 6.23. The lowest BCUT2D eigenvalue weighted by atomic mass is 10.2. The molecule has 2 nitrogen and oxygen atoms in total. The highest BCUT2D eigenvalue weighted by Crippen LogP contribution is 2.32. The van der Waals surface area contributed by atoms with E-state index in [1.54, 1.807) is 12.3 Å². The van der Waals surface area contributed by atoms with E-state index in [4.69, 9.17) is 5.73 Å². The predicted octanol–water partition coefficient (Wildman–Crippen LogP) is 3.53. The minimum atomic E-state index is -0.596. The Bertz CT molecular complexity index is 558. The second kappa shape index (κ2) is 5.46. The van der Waals surface area contributed by atoms with E-state index in [-0.39, 0.29) is 6.04 Å². The minimum Gasteiger partial charge on any atom is -0.324 e. The first kappa shape index (κ1) is 13.0. The van der Waals surface area contributed by atoms with Crippen molar-refractivity contribution in [1.82, 2.24) is 4.98 Å². The fourth-order valence-electron chi connectivity index (χ4n) is 1.50. The lowest BCUT2D eigenvalue weighted by molar-refractivity contribution is 0.565. The van der Waals surface area contributed by atoms with E-state index in [1.165, 1.54) is 12.1 Å². The number of hydrogen-bond donors (Lipinski definition) is 1. The summed E-state index contributed by atoms with van der Waals surface area (Å²) in [5, 5.41) is 0.637.